The zero-order valence-electron chi connectivity index (χ0n) is 5.22. The smallest absolute Gasteiger partial charge is 0.203 e. The Morgan fingerprint density at radius 1 is 0.818 bits per heavy atom. The Kier molecular flexibility index (Phi) is 4.57. The fraction of sp³-hybridized carbons (Fsp3) is 1.00. The average molecular weight is 177 g/mol. The maximum Gasteiger partial charge on any atom is 0.459 e. The van der Waals surface area contributed by atoms with Crippen molar-refractivity contribution in [3.05, 3.63) is 0 Å². The maximum atomic E-state index is 11.2. The topological polar surface area (TPSA) is 0 Å². The molecule has 0 aliphatic rings. The van der Waals surface area contributed by atoms with Gasteiger partial charge in [-0.15, -0.1) is 0 Å². The summed E-state index contributed by atoms with van der Waals surface area (Å²) < 4.78 is 76.6. The van der Waals surface area contributed by atoms with Gasteiger partial charge in [0, 0.05) is 18.9 Å². The number of rotatable bonds is 1. The Labute approximate surface area is 68.9 Å². The van der Waals surface area contributed by atoms with E-state index in [1.165, 1.54) is 0 Å². The SMILES string of the molecule is FC(F)C(F)(F)C(F)(F)F.[Li]. The van der Waals surface area contributed by atoms with Gasteiger partial charge < -0.3 is 0 Å². The van der Waals surface area contributed by atoms with Crippen LogP contribution in [0.4, 0.5) is 30.7 Å². The van der Waals surface area contributed by atoms with Gasteiger partial charge in [-0.1, -0.05) is 0 Å². The van der Waals surface area contributed by atoms with E-state index in [1.54, 1.807) is 0 Å². The average Bonchev–Trinajstić information content (AvgIpc) is 1.62. The predicted octanol–water partition coefficient (Wildman–Crippen LogP) is 2.07. The maximum absolute atomic E-state index is 11.2. The van der Waals surface area contributed by atoms with Gasteiger partial charge in [-0.2, -0.15) is 22.0 Å². The Hall–Kier alpha value is 0.107. The molecule has 63 valence electrons. The van der Waals surface area contributed by atoms with Gasteiger partial charge in [0.05, 0.1) is 0 Å². The summed E-state index contributed by atoms with van der Waals surface area (Å²) in [6.07, 6.45) is -10.9. The van der Waals surface area contributed by atoms with Crippen molar-refractivity contribution in [1.82, 2.24) is 0 Å². The van der Waals surface area contributed by atoms with Crippen LogP contribution in [0.15, 0.2) is 0 Å². The second-order valence-electron chi connectivity index (χ2n) is 1.42. The molecule has 0 nitrogen and oxygen atoms in total. The summed E-state index contributed by atoms with van der Waals surface area (Å²) in [6, 6.07) is 0. The van der Waals surface area contributed by atoms with E-state index in [9.17, 15) is 30.7 Å². The van der Waals surface area contributed by atoms with Crippen LogP contribution < -0.4 is 0 Å². The number of halogens is 7. The molecule has 1 radical (unpaired) electrons. The molecule has 0 aliphatic carbocycles. The Morgan fingerprint density at radius 2 is 1.09 bits per heavy atom. The molecule has 0 heterocycles. The molecule has 0 aromatic rings. The van der Waals surface area contributed by atoms with Gasteiger partial charge in [-0.3, -0.25) is 0 Å². The molecule has 0 atom stereocenters. The predicted molar refractivity (Wildman–Crippen MR) is 22.8 cm³/mol. The van der Waals surface area contributed by atoms with E-state index in [1.807, 2.05) is 0 Å². The van der Waals surface area contributed by atoms with Gasteiger partial charge >= 0.3 is 18.5 Å². The largest absolute Gasteiger partial charge is 0.459 e. The first-order chi connectivity index (χ1) is 4.19. The molecular formula is C3HF7Li. The number of hydrogen-bond donors (Lipinski definition) is 0. The van der Waals surface area contributed by atoms with Crippen LogP contribution in [0, 0.1) is 0 Å². The number of hydrogen-bond acceptors (Lipinski definition) is 0. The van der Waals surface area contributed by atoms with Crippen molar-refractivity contribution in [2.75, 3.05) is 0 Å². The van der Waals surface area contributed by atoms with Gasteiger partial charge in [0.2, 0.25) is 0 Å². The molecule has 0 amide bonds. The quantitative estimate of drug-likeness (QED) is 0.424. The third kappa shape index (κ3) is 2.91. The van der Waals surface area contributed by atoms with Crippen molar-refractivity contribution in [2.24, 2.45) is 0 Å². The van der Waals surface area contributed by atoms with E-state index >= 15 is 0 Å². The van der Waals surface area contributed by atoms with Gasteiger partial charge in [0.25, 0.3) is 0 Å². The van der Waals surface area contributed by atoms with Crippen molar-refractivity contribution in [2.45, 2.75) is 18.5 Å². The third-order valence-electron chi connectivity index (χ3n) is 0.652. The molecule has 8 heteroatoms. The summed E-state index contributed by atoms with van der Waals surface area (Å²) in [6.45, 7) is 0. The monoisotopic (exact) mass is 177 g/mol. The summed E-state index contributed by atoms with van der Waals surface area (Å²) in [5.74, 6) is -5.90. The van der Waals surface area contributed by atoms with Crippen LogP contribution >= 0.6 is 0 Å². The normalized spacial score (nSPS) is 13.1. The van der Waals surface area contributed by atoms with Crippen molar-refractivity contribution >= 4 is 18.9 Å². The molecule has 0 spiro atoms. The molecule has 0 aliphatic heterocycles. The van der Waals surface area contributed by atoms with Crippen molar-refractivity contribution in [3.8, 4) is 0 Å². The minimum absolute atomic E-state index is 0. The molecule has 0 rings (SSSR count). The molecule has 0 aromatic heterocycles. The molecule has 0 saturated heterocycles. The first-order valence-electron chi connectivity index (χ1n) is 1.92. The first-order valence-corrected chi connectivity index (χ1v) is 1.92. The standard InChI is InChI=1S/C3HF7.Li/c4-1(5)2(6,7)3(8,9)10;/h1H;. The van der Waals surface area contributed by atoms with Crippen LogP contribution in [0.1, 0.15) is 0 Å². The van der Waals surface area contributed by atoms with Crippen molar-refractivity contribution in [3.63, 3.8) is 0 Å². The van der Waals surface area contributed by atoms with Gasteiger partial charge in [0.1, 0.15) is 0 Å². The molecule has 0 bridgehead atoms. The minimum atomic E-state index is -6.17. The number of alkyl halides is 7. The van der Waals surface area contributed by atoms with Crippen molar-refractivity contribution < 1.29 is 30.7 Å². The fourth-order valence-electron chi connectivity index (χ4n) is 0.124. The Bertz CT molecular complexity index is 115. The summed E-state index contributed by atoms with van der Waals surface area (Å²) in [4.78, 5) is 0. The van der Waals surface area contributed by atoms with E-state index in [2.05, 4.69) is 0 Å². The zero-order chi connectivity index (χ0) is 8.58. The van der Waals surface area contributed by atoms with Crippen LogP contribution in [0.3, 0.4) is 0 Å². The third-order valence-corrected chi connectivity index (χ3v) is 0.652. The summed E-state index contributed by atoms with van der Waals surface area (Å²) in [5, 5.41) is 0. The van der Waals surface area contributed by atoms with Crippen LogP contribution in [0.5, 0.6) is 0 Å². The molecular weight excluding hydrogens is 176 g/mol. The molecule has 0 saturated carbocycles. The summed E-state index contributed by atoms with van der Waals surface area (Å²) >= 11 is 0. The second-order valence-corrected chi connectivity index (χ2v) is 1.42. The minimum Gasteiger partial charge on any atom is -0.203 e. The van der Waals surface area contributed by atoms with Crippen LogP contribution in [-0.2, 0) is 0 Å². The molecule has 0 unspecified atom stereocenters. The van der Waals surface area contributed by atoms with Crippen LogP contribution in [0.2, 0.25) is 0 Å². The van der Waals surface area contributed by atoms with E-state index in [0.717, 1.165) is 0 Å². The summed E-state index contributed by atoms with van der Waals surface area (Å²) in [7, 11) is 0. The molecule has 0 aromatic carbocycles. The van der Waals surface area contributed by atoms with Crippen molar-refractivity contribution in [1.29, 1.82) is 0 Å². The Balaban J connectivity index is 0. The van der Waals surface area contributed by atoms with Gasteiger partial charge in [-0.25, -0.2) is 8.78 Å². The van der Waals surface area contributed by atoms with E-state index in [4.69, 9.17) is 0 Å². The van der Waals surface area contributed by atoms with Gasteiger partial charge in [-0.05, 0) is 0 Å². The fourth-order valence-corrected chi connectivity index (χ4v) is 0.124. The molecule has 0 fully saturated rings. The van der Waals surface area contributed by atoms with E-state index < -0.39 is 18.5 Å². The second kappa shape index (κ2) is 3.67. The zero-order valence-corrected chi connectivity index (χ0v) is 5.22. The van der Waals surface area contributed by atoms with Crippen LogP contribution in [-0.4, -0.2) is 37.4 Å². The van der Waals surface area contributed by atoms with Crippen LogP contribution in [0.25, 0.3) is 0 Å². The molecule has 11 heavy (non-hydrogen) atoms. The van der Waals surface area contributed by atoms with E-state index in [0.29, 0.717) is 0 Å². The molecule has 0 N–H and O–H groups in total. The first kappa shape index (κ1) is 13.7. The van der Waals surface area contributed by atoms with E-state index in [-0.39, 0.29) is 18.9 Å². The summed E-state index contributed by atoms with van der Waals surface area (Å²) in [5.41, 5.74) is 0. The Morgan fingerprint density at radius 3 is 1.09 bits per heavy atom. The van der Waals surface area contributed by atoms with Gasteiger partial charge in [0.15, 0.2) is 0 Å².